The highest BCUT2D eigenvalue weighted by atomic mass is 16.1. The third kappa shape index (κ3) is 3.21. The van der Waals surface area contributed by atoms with Gasteiger partial charge in [0.15, 0.2) is 5.84 Å². The van der Waals surface area contributed by atoms with Gasteiger partial charge >= 0.3 is 0 Å². The first-order chi connectivity index (χ1) is 12.1. The molecule has 25 heavy (non-hydrogen) atoms. The van der Waals surface area contributed by atoms with E-state index in [-0.39, 0.29) is 5.84 Å². The maximum absolute atomic E-state index is 12.2. The van der Waals surface area contributed by atoms with Crippen molar-refractivity contribution in [2.45, 2.75) is 0 Å². The molecule has 3 rings (SSSR count). The van der Waals surface area contributed by atoms with Gasteiger partial charge in [-0.3, -0.25) is 20.5 Å². The first-order valence-electron chi connectivity index (χ1n) is 7.38. The molecule has 1 aromatic heterocycles. The molecule has 1 heterocycles. The average Bonchev–Trinajstić information content (AvgIpc) is 2.67. The molecule has 0 aliphatic heterocycles. The van der Waals surface area contributed by atoms with Crippen LogP contribution in [0.2, 0.25) is 0 Å². The van der Waals surface area contributed by atoms with Gasteiger partial charge in [-0.15, -0.1) is 6.42 Å². The molecule has 2 N–H and O–H groups in total. The summed E-state index contributed by atoms with van der Waals surface area (Å²) >= 11 is 0. The topological polar surface area (TPSA) is 89.6 Å². The second-order valence-electron chi connectivity index (χ2n) is 5.25. The van der Waals surface area contributed by atoms with E-state index in [9.17, 15) is 4.79 Å². The number of hydrogen-bond acceptors (Lipinski definition) is 4. The zero-order valence-corrected chi connectivity index (χ0v) is 13.1. The van der Waals surface area contributed by atoms with Gasteiger partial charge in [-0.1, -0.05) is 12.1 Å². The number of nitrogens with one attached hydrogen (secondary N) is 2. The number of hydrogen-bond donors (Lipinski definition) is 2. The Kier molecular flexibility index (Phi) is 4.24. The number of benzene rings is 2. The van der Waals surface area contributed by atoms with Gasteiger partial charge in [0.25, 0.3) is 5.91 Å². The molecule has 2 aromatic carbocycles. The van der Waals surface area contributed by atoms with Crippen molar-refractivity contribution < 1.29 is 4.79 Å². The fourth-order valence-electron chi connectivity index (χ4n) is 2.49. The molecule has 5 nitrogen and oxygen atoms in total. The smallest absolute Gasteiger partial charge is 0.257 e. The summed E-state index contributed by atoms with van der Waals surface area (Å²) < 4.78 is 0. The number of carbonyl (C=O) groups is 1. The summed E-state index contributed by atoms with van der Waals surface area (Å²) in [5.74, 6) is 1.33. The van der Waals surface area contributed by atoms with Crippen molar-refractivity contribution in [2.75, 3.05) is 0 Å². The minimum atomic E-state index is -0.445. The first-order valence-corrected chi connectivity index (χ1v) is 7.38. The summed E-state index contributed by atoms with van der Waals surface area (Å²) in [6.45, 7) is 0. The molecule has 5 heteroatoms. The highest BCUT2D eigenvalue weighted by Crippen LogP contribution is 2.28. The van der Waals surface area contributed by atoms with E-state index in [2.05, 4.69) is 22.3 Å². The van der Waals surface area contributed by atoms with Crippen molar-refractivity contribution in [3.05, 3.63) is 65.9 Å². The molecule has 3 aromatic rings. The zero-order chi connectivity index (χ0) is 17.8. The minimum Gasteiger partial charge on any atom is -0.300 e. The highest BCUT2D eigenvalue weighted by Gasteiger charge is 2.11. The highest BCUT2D eigenvalue weighted by molar-refractivity contribution is 6.12. The molecule has 0 bridgehead atoms. The van der Waals surface area contributed by atoms with Crippen LogP contribution in [0.3, 0.4) is 0 Å². The lowest BCUT2D eigenvalue weighted by Crippen LogP contribution is -2.28. The van der Waals surface area contributed by atoms with Crippen molar-refractivity contribution in [1.29, 1.82) is 10.7 Å². The number of nitrogens with zero attached hydrogens (tertiary/aromatic N) is 2. The van der Waals surface area contributed by atoms with Crippen LogP contribution in [0.15, 0.2) is 54.7 Å². The number of fused-ring (bicyclic) bond motifs is 1. The molecule has 0 aliphatic rings. The van der Waals surface area contributed by atoms with Gasteiger partial charge in [0.1, 0.15) is 0 Å². The Morgan fingerprint density at radius 3 is 2.60 bits per heavy atom. The lowest BCUT2D eigenvalue weighted by atomic mass is 9.99. The van der Waals surface area contributed by atoms with Gasteiger partial charge in [0.2, 0.25) is 0 Å². The third-order valence-corrected chi connectivity index (χ3v) is 3.71. The largest absolute Gasteiger partial charge is 0.300 e. The number of pyridine rings is 1. The maximum atomic E-state index is 12.2. The van der Waals surface area contributed by atoms with Crippen molar-refractivity contribution >= 4 is 22.6 Å². The summed E-state index contributed by atoms with van der Waals surface area (Å²) in [4.78, 5) is 16.5. The molecule has 0 saturated heterocycles. The molecule has 0 unspecified atom stereocenters. The molecule has 0 aliphatic carbocycles. The molecule has 0 atom stereocenters. The van der Waals surface area contributed by atoms with E-state index >= 15 is 0 Å². The summed E-state index contributed by atoms with van der Waals surface area (Å²) in [6, 6.07) is 16.2. The molecule has 118 valence electrons. The Morgan fingerprint density at radius 2 is 1.92 bits per heavy atom. The summed E-state index contributed by atoms with van der Waals surface area (Å²) in [5.41, 5.74) is 3.52. The molecule has 0 fully saturated rings. The maximum Gasteiger partial charge on any atom is 0.257 e. The van der Waals surface area contributed by atoms with Crippen LogP contribution in [0.1, 0.15) is 15.9 Å². The van der Waals surface area contributed by atoms with Crippen LogP contribution >= 0.6 is 0 Å². The van der Waals surface area contributed by atoms with E-state index in [1.54, 1.807) is 36.5 Å². The Balaban J connectivity index is 2.09. The Labute approximate surface area is 144 Å². The Hall–Kier alpha value is -3.96. The lowest BCUT2D eigenvalue weighted by molar-refractivity contribution is 0.0977. The SMILES string of the molecule is C#CC(=N)NC(=O)c1ccc2nccc(-c3ccc(C#N)cc3)c2c1. The Morgan fingerprint density at radius 1 is 1.16 bits per heavy atom. The number of aromatic nitrogens is 1. The lowest BCUT2D eigenvalue weighted by Gasteiger charge is -2.09. The second-order valence-corrected chi connectivity index (χ2v) is 5.25. The molecular weight excluding hydrogens is 312 g/mol. The third-order valence-electron chi connectivity index (χ3n) is 3.71. The van der Waals surface area contributed by atoms with Crippen LogP contribution in [0.5, 0.6) is 0 Å². The number of amidine groups is 1. The molecule has 0 radical (unpaired) electrons. The first kappa shape index (κ1) is 15.9. The predicted octanol–water partition coefficient (Wildman–Crippen LogP) is 3.11. The van der Waals surface area contributed by atoms with Gasteiger partial charge in [-0.25, -0.2) is 0 Å². The fraction of sp³-hybridized carbons (Fsp3) is 0. The number of terminal acetylenes is 1. The van der Waals surface area contributed by atoms with Crippen LogP contribution in [-0.4, -0.2) is 16.7 Å². The van der Waals surface area contributed by atoms with Crippen molar-refractivity contribution in [3.63, 3.8) is 0 Å². The monoisotopic (exact) mass is 324 g/mol. The number of rotatable bonds is 2. The van der Waals surface area contributed by atoms with E-state index in [0.29, 0.717) is 11.1 Å². The van der Waals surface area contributed by atoms with Gasteiger partial charge in [0.05, 0.1) is 17.1 Å². The van der Waals surface area contributed by atoms with E-state index in [1.165, 1.54) is 0 Å². The summed E-state index contributed by atoms with van der Waals surface area (Å²) in [6.07, 6.45) is 6.79. The molecular formula is C20H12N4O. The predicted molar refractivity (Wildman–Crippen MR) is 95.9 cm³/mol. The summed E-state index contributed by atoms with van der Waals surface area (Å²) in [5, 5.41) is 19.4. The van der Waals surface area contributed by atoms with E-state index in [1.807, 2.05) is 18.2 Å². The van der Waals surface area contributed by atoms with E-state index in [4.69, 9.17) is 17.1 Å². The normalized spacial score (nSPS) is 9.84. The van der Waals surface area contributed by atoms with Gasteiger partial charge in [-0.2, -0.15) is 5.26 Å². The van der Waals surface area contributed by atoms with Crippen LogP contribution < -0.4 is 5.32 Å². The quantitative estimate of drug-likeness (QED) is 0.431. The van der Waals surface area contributed by atoms with Gasteiger partial charge < -0.3 is 0 Å². The van der Waals surface area contributed by atoms with Crippen LogP contribution in [0.25, 0.3) is 22.0 Å². The molecule has 0 spiro atoms. The van der Waals surface area contributed by atoms with E-state index < -0.39 is 5.91 Å². The number of nitriles is 1. The molecule has 0 saturated carbocycles. The van der Waals surface area contributed by atoms with Gasteiger partial charge in [-0.05, 0) is 53.4 Å². The standard InChI is InChI=1S/C20H12N4O/c1-2-19(22)24-20(25)15-7-8-18-17(11-15)16(9-10-23-18)14-5-3-13(12-21)4-6-14/h1,3-11H,(H2,22,24,25). The minimum absolute atomic E-state index is 0.288. The average molecular weight is 324 g/mol. The Bertz CT molecular complexity index is 1070. The van der Waals surface area contributed by atoms with Gasteiger partial charge in [0, 0.05) is 17.1 Å². The van der Waals surface area contributed by atoms with Crippen LogP contribution in [-0.2, 0) is 0 Å². The molecule has 1 amide bonds. The zero-order valence-electron chi connectivity index (χ0n) is 13.1. The fourth-order valence-corrected chi connectivity index (χ4v) is 2.49. The van der Waals surface area contributed by atoms with E-state index in [0.717, 1.165) is 22.0 Å². The van der Waals surface area contributed by atoms with Crippen molar-refractivity contribution in [1.82, 2.24) is 10.3 Å². The van der Waals surface area contributed by atoms with Crippen molar-refractivity contribution in [2.24, 2.45) is 0 Å². The summed E-state index contributed by atoms with van der Waals surface area (Å²) in [7, 11) is 0. The second kappa shape index (κ2) is 6.66. The number of amides is 1. The van der Waals surface area contributed by atoms with Crippen LogP contribution in [0, 0.1) is 29.1 Å². The number of carbonyl (C=O) groups excluding carboxylic acids is 1. The van der Waals surface area contributed by atoms with Crippen molar-refractivity contribution in [3.8, 4) is 29.5 Å². The van der Waals surface area contributed by atoms with Crippen LogP contribution in [0.4, 0.5) is 0 Å².